The molecule has 0 atom stereocenters. The number of nitrogens with zero attached hydrogens (tertiary/aromatic N) is 1. The van der Waals surface area contributed by atoms with Crippen molar-refractivity contribution in [2.75, 3.05) is 6.61 Å². The van der Waals surface area contributed by atoms with Gasteiger partial charge in [0, 0.05) is 18.6 Å². The van der Waals surface area contributed by atoms with Gasteiger partial charge in [-0.15, -0.1) is 0 Å². The third-order valence-electron chi connectivity index (χ3n) is 2.62. The summed E-state index contributed by atoms with van der Waals surface area (Å²) < 4.78 is 18.7. The lowest BCUT2D eigenvalue weighted by atomic mass is 10.2. The van der Waals surface area contributed by atoms with Crippen LogP contribution in [-0.2, 0) is 6.42 Å². The van der Waals surface area contributed by atoms with Gasteiger partial charge < -0.3 is 4.74 Å². The average molecular weight is 261 g/mol. The number of hydrogen-bond acceptors (Lipinski definition) is 3. The number of ether oxygens (including phenoxy) is 1. The second-order valence-electron chi connectivity index (χ2n) is 3.95. The molecule has 4 nitrogen and oxygen atoms in total. The van der Waals surface area contributed by atoms with Crippen LogP contribution in [0.4, 0.5) is 10.1 Å². The maximum absolute atomic E-state index is 13.3. The van der Waals surface area contributed by atoms with Crippen molar-refractivity contribution in [1.82, 2.24) is 0 Å². The van der Waals surface area contributed by atoms with Crippen LogP contribution >= 0.6 is 0 Å². The van der Waals surface area contributed by atoms with Crippen LogP contribution in [0.3, 0.4) is 0 Å². The van der Waals surface area contributed by atoms with Crippen LogP contribution < -0.4 is 4.74 Å². The van der Waals surface area contributed by atoms with E-state index >= 15 is 0 Å². The summed E-state index contributed by atoms with van der Waals surface area (Å²) in [7, 11) is 0. The summed E-state index contributed by atoms with van der Waals surface area (Å²) in [5, 5.41) is 10.5. The zero-order valence-corrected chi connectivity index (χ0v) is 10.1. The minimum absolute atomic E-state index is 0.291. The highest BCUT2D eigenvalue weighted by Crippen LogP contribution is 2.22. The maximum atomic E-state index is 13.3. The molecule has 5 heteroatoms. The van der Waals surface area contributed by atoms with Crippen molar-refractivity contribution in [2.24, 2.45) is 0 Å². The van der Waals surface area contributed by atoms with Gasteiger partial charge in [-0.05, 0) is 11.6 Å². The molecule has 2 rings (SSSR count). The third-order valence-corrected chi connectivity index (χ3v) is 2.62. The van der Waals surface area contributed by atoms with E-state index in [-0.39, 0.29) is 0 Å². The summed E-state index contributed by atoms with van der Waals surface area (Å²) in [6.07, 6.45) is 0.694. The molecule has 0 aliphatic heterocycles. The molecule has 98 valence electrons. The Morgan fingerprint density at radius 3 is 2.53 bits per heavy atom. The molecule has 0 heterocycles. The van der Waals surface area contributed by atoms with Crippen LogP contribution in [-0.4, -0.2) is 11.5 Å². The van der Waals surface area contributed by atoms with Gasteiger partial charge in [-0.3, -0.25) is 10.1 Å². The smallest absolute Gasteiger partial charge is 0.305 e. The van der Waals surface area contributed by atoms with Gasteiger partial charge in [0.1, 0.15) is 5.75 Å². The van der Waals surface area contributed by atoms with Gasteiger partial charge in [0.15, 0.2) is 0 Å². The number of halogens is 1. The summed E-state index contributed by atoms with van der Waals surface area (Å²) in [6.45, 7) is 0.390. The van der Waals surface area contributed by atoms with Crippen molar-refractivity contribution in [3.63, 3.8) is 0 Å². The second-order valence-corrected chi connectivity index (χ2v) is 3.95. The Morgan fingerprint density at radius 2 is 1.89 bits per heavy atom. The molecule has 0 aliphatic rings. The number of hydrogen-bond donors (Lipinski definition) is 0. The van der Waals surface area contributed by atoms with E-state index in [0.717, 1.165) is 17.7 Å². The minimum Gasteiger partial charge on any atom is -0.493 e. The zero-order valence-electron chi connectivity index (χ0n) is 10.1. The van der Waals surface area contributed by atoms with Crippen LogP contribution in [0.15, 0.2) is 48.5 Å². The van der Waals surface area contributed by atoms with E-state index in [0.29, 0.717) is 18.8 Å². The molecule has 0 radical (unpaired) electrons. The second kappa shape index (κ2) is 5.95. The van der Waals surface area contributed by atoms with Crippen LogP contribution in [0.2, 0.25) is 0 Å². The van der Waals surface area contributed by atoms with E-state index in [4.69, 9.17) is 4.74 Å². The van der Waals surface area contributed by atoms with E-state index in [1.54, 1.807) is 0 Å². The summed E-state index contributed by atoms with van der Waals surface area (Å²) in [5.74, 6) is -0.596. The molecule has 2 aromatic rings. The van der Waals surface area contributed by atoms with E-state index in [9.17, 15) is 14.5 Å². The molecule has 0 spiro atoms. The van der Waals surface area contributed by atoms with Crippen LogP contribution in [0.1, 0.15) is 5.56 Å². The van der Waals surface area contributed by atoms with Gasteiger partial charge in [0.25, 0.3) is 0 Å². The molecule has 0 unspecified atom stereocenters. The first-order valence-corrected chi connectivity index (χ1v) is 5.77. The third kappa shape index (κ3) is 3.51. The van der Waals surface area contributed by atoms with Gasteiger partial charge in [-0.2, -0.15) is 4.39 Å². The van der Waals surface area contributed by atoms with Gasteiger partial charge >= 0.3 is 5.69 Å². The van der Waals surface area contributed by atoms with Crippen molar-refractivity contribution >= 4 is 5.69 Å². The molecule has 0 bridgehead atoms. The molecule has 0 aromatic heterocycles. The Morgan fingerprint density at radius 1 is 1.16 bits per heavy atom. The Bertz CT molecular complexity index is 572. The van der Waals surface area contributed by atoms with Crippen molar-refractivity contribution in [2.45, 2.75) is 6.42 Å². The van der Waals surface area contributed by atoms with Gasteiger partial charge in [0.05, 0.1) is 11.5 Å². The highest BCUT2D eigenvalue weighted by Gasteiger charge is 2.14. The lowest BCUT2D eigenvalue weighted by Crippen LogP contribution is -2.02. The lowest BCUT2D eigenvalue weighted by Gasteiger charge is -2.06. The number of nitro groups is 1. The number of nitro benzene ring substituents is 1. The van der Waals surface area contributed by atoms with E-state index in [1.807, 2.05) is 30.3 Å². The predicted octanol–water partition coefficient (Wildman–Crippen LogP) is 3.36. The van der Waals surface area contributed by atoms with Crippen LogP contribution in [0, 0.1) is 15.9 Å². The normalized spacial score (nSPS) is 10.2. The van der Waals surface area contributed by atoms with Crippen molar-refractivity contribution in [3.8, 4) is 5.75 Å². The quantitative estimate of drug-likeness (QED) is 0.612. The summed E-state index contributed by atoms with van der Waals surface area (Å²) in [5.41, 5.74) is 0.570. The monoisotopic (exact) mass is 261 g/mol. The first-order valence-electron chi connectivity index (χ1n) is 5.77. The molecule has 0 amide bonds. The topological polar surface area (TPSA) is 52.4 Å². The lowest BCUT2D eigenvalue weighted by molar-refractivity contribution is -0.387. The number of benzene rings is 2. The summed E-state index contributed by atoms with van der Waals surface area (Å²) in [6, 6.07) is 13.3. The molecular weight excluding hydrogens is 249 g/mol. The number of rotatable bonds is 5. The standard InChI is InChI=1S/C14H12FNO3/c15-13-10-12(6-7-14(13)16(17)18)19-9-8-11-4-2-1-3-5-11/h1-7,10H,8-9H2. The van der Waals surface area contributed by atoms with E-state index < -0.39 is 16.4 Å². The fourth-order valence-corrected chi connectivity index (χ4v) is 1.66. The Labute approximate surface area is 109 Å². The van der Waals surface area contributed by atoms with Crippen molar-refractivity contribution < 1.29 is 14.1 Å². The van der Waals surface area contributed by atoms with Crippen LogP contribution in [0.25, 0.3) is 0 Å². The highest BCUT2D eigenvalue weighted by atomic mass is 19.1. The molecule has 0 saturated carbocycles. The Hall–Kier alpha value is -2.43. The molecular formula is C14H12FNO3. The van der Waals surface area contributed by atoms with Crippen LogP contribution in [0.5, 0.6) is 5.75 Å². The molecule has 0 fully saturated rings. The molecule has 19 heavy (non-hydrogen) atoms. The van der Waals surface area contributed by atoms with E-state index in [1.165, 1.54) is 6.07 Å². The first-order chi connectivity index (χ1) is 9.16. The first kappa shape index (κ1) is 13.0. The molecule has 0 saturated heterocycles. The molecule has 2 aromatic carbocycles. The SMILES string of the molecule is O=[N+]([O-])c1ccc(OCCc2ccccc2)cc1F. The summed E-state index contributed by atoms with van der Waals surface area (Å²) >= 11 is 0. The molecule has 0 N–H and O–H groups in total. The van der Waals surface area contributed by atoms with Crippen molar-refractivity contribution in [1.29, 1.82) is 0 Å². The highest BCUT2D eigenvalue weighted by molar-refractivity contribution is 5.37. The van der Waals surface area contributed by atoms with Crippen molar-refractivity contribution in [3.05, 3.63) is 70.0 Å². The van der Waals surface area contributed by atoms with Gasteiger partial charge in [-0.1, -0.05) is 30.3 Å². The van der Waals surface area contributed by atoms with E-state index in [2.05, 4.69) is 0 Å². The fraction of sp³-hybridized carbons (Fsp3) is 0.143. The largest absolute Gasteiger partial charge is 0.493 e. The minimum atomic E-state index is -0.887. The Kier molecular flexibility index (Phi) is 4.07. The fourth-order valence-electron chi connectivity index (χ4n) is 1.66. The zero-order chi connectivity index (χ0) is 13.7. The average Bonchev–Trinajstić information content (AvgIpc) is 2.39. The summed E-state index contributed by atoms with van der Waals surface area (Å²) in [4.78, 5) is 9.70. The van der Waals surface area contributed by atoms with Gasteiger partial charge in [0.2, 0.25) is 5.82 Å². The van der Waals surface area contributed by atoms with Gasteiger partial charge in [-0.25, -0.2) is 0 Å². The predicted molar refractivity (Wildman–Crippen MR) is 68.7 cm³/mol. The maximum Gasteiger partial charge on any atom is 0.305 e. The molecule has 0 aliphatic carbocycles. The Balaban J connectivity index is 1.93.